The van der Waals surface area contributed by atoms with Gasteiger partial charge in [-0.1, -0.05) is 36.4 Å². The van der Waals surface area contributed by atoms with E-state index >= 15 is 0 Å². The van der Waals surface area contributed by atoms with Crippen LogP contribution >= 0.6 is 12.4 Å². The second kappa shape index (κ2) is 15.9. The SMILES string of the molecule is CC(=O)OCCOc1cccc(F)c1CN1CCN(C(=O)C(N)C2CCN(CCc3ccccc3)CC2)CC1.Cl. The highest BCUT2D eigenvalue weighted by atomic mass is 35.5. The van der Waals surface area contributed by atoms with E-state index in [2.05, 4.69) is 34.1 Å². The van der Waals surface area contributed by atoms with Gasteiger partial charge < -0.3 is 25.0 Å². The number of nitrogens with two attached hydrogens (primary N) is 1. The fourth-order valence-corrected chi connectivity index (χ4v) is 5.39. The van der Waals surface area contributed by atoms with Gasteiger partial charge in [0.1, 0.15) is 24.8 Å². The van der Waals surface area contributed by atoms with Crippen LogP contribution in [0.25, 0.3) is 0 Å². The maximum absolute atomic E-state index is 14.6. The molecule has 0 bridgehead atoms. The van der Waals surface area contributed by atoms with Gasteiger partial charge in [-0.25, -0.2) is 4.39 Å². The summed E-state index contributed by atoms with van der Waals surface area (Å²) in [5.41, 5.74) is 8.31. The molecule has 4 rings (SSSR count). The van der Waals surface area contributed by atoms with Crippen molar-refractivity contribution in [3.05, 3.63) is 65.5 Å². The van der Waals surface area contributed by atoms with E-state index in [4.69, 9.17) is 15.2 Å². The van der Waals surface area contributed by atoms with Gasteiger partial charge in [-0.05, 0) is 56.0 Å². The zero-order chi connectivity index (χ0) is 27.6. The molecule has 0 aliphatic carbocycles. The number of rotatable bonds is 11. The first-order valence-electron chi connectivity index (χ1n) is 14.0. The topological polar surface area (TPSA) is 88.3 Å². The molecule has 2 N–H and O–H groups in total. The molecule has 2 aromatic carbocycles. The van der Waals surface area contributed by atoms with Crippen LogP contribution in [0.3, 0.4) is 0 Å². The summed E-state index contributed by atoms with van der Waals surface area (Å²) < 4.78 is 25.2. The lowest BCUT2D eigenvalue weighted by Gasteiger charge is -2.39. The monoisotopic (exact) mass is 576 g/mol. The molecule has 2 heterocycles. The van der Waals surface area contributed by atoms with Gasteiger partial charge in [-0.3, -0.25) is 14.5 Å². The van der Waals surface area contributed by atoms with Gasteiger partial charge in [-0.15, -0.1) is 12.4 Å². The summed E-state index contributed by atoms with van der Waals surface area (Å²) in [6.07, 6.45) is 2.92. The van der Waals surface area contributed by atoms with Crippen LogP contribution in [0.2, 0.25) is 0 Å². The Labute approximate surface area is 243 Å². The lowest BCUT2D eigenvalue weighted by molar-refractivity contribution is -0.141. The first-order valence-corrected chi connectivity index (χ1v) is 14.0. The van der Waals surface area contributed by atoms with Crippen molar-refractivity contribution < 1.29 is 23.5 Å². The predicted molar refractivity (Wildman–Crippen MR) is 155 cm³/mol. The van der Waals surface area contributed by atoms with Gasteiger partial charge in [0.15, 0.2) is 0 Å². The van der Waals surface area contributed by atoms with Gasteiger partial charge >= 0.3 is 5.97 Å². The number of piperazine rings is 1. The predicted octanol–water partition coefficient (Wildman–Crippen LogP) is 3.12. The summed E-state index contributed by atoms with van der Waals surface area (Å²) in [5.74, 6) is -0.0470. The molecule has 2 aliphatic heterocycles. The molecule has 1 amide bonds. The first-order chi connectivity index (χ1) is 18.9. The molecule has 0 radical (unpaired) electrons. The number of amides is 1. The minimum atomic E-state index is -0.475. The number of hydrogen-bond donors (Lipinski definition) is 1. The summed E-state index contributed by atoms with van der Waals surface area (Å²) in [6.45, 7) is 7.37. The van der Waals surface area contributed by atoms with Gasteiger partial charge in [0, 0.05) is 51.8 Å². The third-order valence-electron chi connectivity index (χ3n) is 7.77. The number of esters is 1. The van der Waals surface area contributed by atoms with E-state index in [-0.39, 0.29) is 49.2 Å². The highest BCUT2D eigenvalue weighted by Crippen LogP contribution is 2.25. The van der Waals surface area contributed by atoms with Crippen molar-refractivity contribution in [1.29, 1.82) is 0 Å². The molecule has 2 fully saturated rings. The molecule has 0 spiro atoms. The van der Waals surface area contributed by atoms with E-state index in [1.165, 1.54) is 18.6 Å². The number of benzene rings is 2. The average Bonchev–Trinajstić information content (AvgIpc) is 2.96. The van der Waals surface area contributed by atoms with E-state index in [1.54, 1.807) is 12.1 Å². The number of hydrogen-bond acceptors (Lipinski definition) is 7. The Bertz CT molecular complexity index is 1080. The molecular weight excluding hydrogens is 535 g/mol. The van der Waals surface area contributed by atoms with Gasteiger partial charge in [0.2, 0.25) is 5.91 Å². The fraction of sp³-hybridized carbons (Fsp3) is 0.533. The average molecular weight is 577 g/mol. The van der Waals surface area contributed by atoms with Crippen LogP contribution in [0.15, 0.2) is 48.5 Å². The Morgan fingerprint density at radius 1 is 0.950 bits per heavy atom. The number of carbonyl (C=O) groups is 2. The zero-order valence-electron chi connectivity index (χ0n) is 23.3. The summed E-state index contributed by atoms with van der Waals surface area (Å²) in [6, 6.07) is 14.8. The quantitative estimate of drug-likeness (QED) is 0.325. The lowest BCUT2D eigenvalue weighted by Crippen LogP contribution is -2.55. The number of halogens is 2. The largest absolute Gasteiger partial charge is 0.490 e. The Morgan fingerprint density at radius 3 is 2.33 bits per heavy atom. The van der Waals surface area contributed by atoms with E-state index in [0.29, 0.717) is 44.0 Å². The molecule has 8 nitrogen and oxygen atoms in total. The fourth-order valence-electron chi connectivity index (χ4n) is 5.39. The normalized spacial score (nSPS) is 17.6. The summed E-state index contributed by atoms with van der Waals surface area (Å²) in [5, 5.41) is 0. The van der Waals surface area contributed by atoms with Crippen molar-refractivity contribution in [3.63, 3.8) is 0 Å². The van der Waals surface area contributed by atoms with Crippen LogP contribution in [0.4, 0.5) is 4.39 Å². The van der Waals surface area contributed by atoms with Crippen LogP contribution < -0.4 is 10.5 Å². The van der Waals surface area contributed by atoms with Gasteiger partial charge in [0.25, 0.3) is 0 Å². The molecule has 1 unspecified atom stereocenters. The van der Waals surface area contributed by atoms with E-state index in [1.807, 2.05) is 11.0 Å². The zero-order valence-corrected chi connectivity index (χ0v) is 24.1. The standard InChI is InChI=1S/C30H41FN4O4.ClH/c1-23(36)38-20-21-39-28-9-5-8-27(31)26(28)22-34-16-18-35(19-17-34)30(37)29(32)25-11-14-33(15-12-25)13-10-24-6-3-2-4-7-24;/h2-9,25,29H,10-22,32H2,1H3;1H. The van der Waals surface area contributed by atoms with Crippen molar-refractivity contribution in [1.82, 2.24) is 14.7 Å². The maximum Gasteiger partial charge on any atom is 0.302 e. The minimum Gasteiger partial charge on any atom is -0.490 e. The molecule has 2 aliphatic rings. The van der Waals surface area contributed by atoms with E-state index in [0.717, 1.165) is 38.9 Å². The third kappa shape index (κ3) is 9.16. The number of nitrogens with zero attached hydrogens (tertiary/aromatic N) is 3. The van der Waals surface area contributed by atoms with Crippen molar-refractivity contribution in [3.8, 4) is 5.75 Å². The van der Waals surface area contributed by atoms with Crippen LogP contribution in [0.5, 0.6) is 5.75 Å². The van der Waals surface area contributed by atoms with E-state index < -0.39 is 6.04 Å². The molecule has 10 heteroatoms. The lowest BCUT2D eigenvalue weighted by atomic mass is 9.88. The molecule has 0 saturated carbocycles. The summed E-state index contributed by atoms with van der Waals surface area (Å²) in [7, 11) is 0. The molecule has 2 saturated heterocycles. The molecule has 0 aromatic heterocycles. The Hall–Kier alpha value is -2.72. The summed E-state index contributed by atoms with van der Waals surface area (Å²) in [4.78, 5) is 30.6. The Kier molecular flexibility index (Phi) is 12.6. The maximum atomic E-state index is 14.6. The number of ether oxygens (including phenoxy) is 2. The number of likely N-dealkylation sites (tertiary alicyclic amines) is 1. The second-order valence-corrected chi connectivity index (χ2v) is 10.4. The van der Waals surface area contributed by atoms with Crippen LogP contribution in [-0.4, -0.2) is 91.6 Å². The number of carbonyl (C=O) groups excluding carboxylic acids is 2. The van der Waals surface area contributed by atoms with Crippen LogP contribution in [0, 0.1) is 11.7 Å². The molecular formula is C30H42ClFN4O4. The van der Waals surface area contributed by atoms with Crippen molar-refractivity contribution >= 4 is 24.3 Å². The van der Waals surface area contributed by atoms with Crippen molar-refractivity contribution in [2.24, 2.45) is 11.7 Å². The minimum absolute atomic E-state index is 0. The smallest absolute Gasteiger partial charge is 0.302 e. The molecule has 1 atom stereocenters. The van der Waals surface area contributed by atoms with E-state index in [9.17, 15) is 14.0 Å². The van der Waals surface area contributed by atoms with Crippen molar-refractivity contribution in [2.45, 2.75) is 38.8 Å². The Morgan fingerprint density at radius 2 is 1.65 bits per heavy atom. The first kappa shape index (κ1) is 31.8. The van der Waals surface area contributed by atoms with Gasteiger partial charge in [-0.2, -0.15) is 0 Å². The molecule has 2 aromatic rings. The summed E-state index contributed by atoms with van der Waals surface area (Å²) >= 11 is 0. The third-order valence-corrected chi connectivity index (χ3v) is 7.77. The second-order valence-electron chi connectivity index (χ2n) is 10.4. The Balaban J connectivity index is 0.00000441. The molecule has 40 heavy (non-hydrogen) atoms. The van der Waals surface area contributed by atoms with Crippen LogP contribution in [-0.2, 0) is 27.3 Å². The van der Waals surface area contributed by atoms with Gasteiger partial charge in [0.05, 0.1) is 6.04 Å². The highest BCUT2D eigenvalue weighted by molar-refractivity contribution is 5.85. The van der Waals surface area contributed by atoms with Crippen molar-refractivity contribution in [2.75, 3.05) is 59.0 Å². The van der Waals surface area contributed by atoms with Crippen LogP contribution in [0.1, 0.15) is 30.9 Å². The highest BCUT2D eigenvalue weighted by Gasteiger charge is 2.33. The number of piperidine rings is 1. The molecule has 220 valence electrons.